The molecule has 9 heteroatoms. The van der Waals surface area contributed by atoms with E-state index in [-0.39, 0.29) is 30.3 Å². The van der Waals surface area contributed by atoms with Gasteiger partial charge in [0.15, 0.2) is 0 Å². The minimum atomic E-state index is -0.284. The first kappa shape index (κ1) is 21.3. The molecule has 8 nitrogen and oxygen atoms in total. The van der Waals surface area contributed by atoms with Crippen molar-refractivity contribution in [1.29, 1.82) is 0 Å². The molecular formula is C18H26ClN3O5. The SMILES string of the molecule is COc1cc(OC)cc(C(=O)N2CCN(C(=O)C3COCCN3)CC2)c1.Cl. The second kappa shape index (κ2) is 9.77. The summed E-state index contributed by atoms with van der Waals surface area (Å²) < 4.78 is 15.8. The van der Waals surface area contributed by atoms with Crippen LogP contribution >= 0.6 is 12.4 Å². The van der Waals surface area contributed by atoms with E-state index in [4.69, 9.17) is 14.2 Å². The number of carbonyl (C=O) groups is 2. The summed E-state index contributed by atoms with van der Waals surface area (Å²) in [5.74, 6) is 1.10. The van der Waals surface area contributed by atoms with E-state index in [0.717, 1.165) is 0 Å². The quantitative estimate of drug-likeness (QED) is 0.789. The van der Waals surface area contributed by atoms with E-state index in [2.05, 4.69) is 5.32 Å². The van der Waals surface area contributed by atoms with Crippen molar-refractivity contribution in [1.82, 2.24) is 15.1 Å². The zero-order chi connectivity index (χ0) is 18.5. The molecule has 2 heterocycles. The van der Waals surface area contributed by atoms with Crippen LogP contribution in [0.15, 0.2) is 18.2 Å². The van der Waals surface area contributed by atoms with E-state index >= 15 is 0 Å². The highest BCUT2D eigenvalue weighted by atomic mass is 35.5. The number of nitrogens with one attached hydrogen (secondary N) is 1. The summed E-state index contributed by atoms with van der Waals surface area (Å²) in [5.41, 5.74) is 0.517. The summed E-state index contributed by atoms with van der Waals surface area (Å²) in [6.45, 7) is 3.76. The van der Waals surface area contributed by atoms with Crippen LogP contribution in [0.2, 0.25) is 0 Å². The van der Waals surface area contributed by atoms with Crippen LogP contribution in [0.1, 0.15) is 10.4 Å². The van der Waals surface area contributed by atoms with Gasteiger partial charge in [-0.15, -0.1) is 12.4 Å². The third-order valence-corrected chi connectivity index (χ3v) is 4.70. The van der Waals surface area contributed by atoms with E-state index in [0.29, 0.717) is 63.0 Å². The fourth-order valence-corrected chi connectivity index (χ4v) is 3.19. The lowest BCUT2D eigenvalue weighted by molar-refractivity contribution is -0.137. The Kier molecular flexibility index (Phi) is 7.70. The van der Waals surface area contributed by atoms with Gasteiger partial charge >= 0.3 is 0 Å². The number of morpholine rings is 1. The molecule has 0 bridgehead atoms. The number of benzene rings is 1. The zero-order valence-electron chi connectivity index (χ0n) is 15.6. The van der Waals surface area contributed by atoms with Gasteiger partial charge in [0.25, 0.3) is 5.91 Å². The maximum atomic E-state index is 12.8. The Balaban J connectivity index is 0.00000261. The molecule has 2 saturated heterocycles. The molecule has 2 aliphatic heterocycles. The van der Waals surface area contributed by atoms with Gasteiger partial charge in [-0.3, -0.25) is 9.59 Å². The van der Waals surface area contributed by atoms with Crippen LogP contribution in [-0.4, -0.2) is 87.8 Å². The largest absolute Gasteiger partial charge is 0.497 e. The average Bonchev–Trinajstić information content (AvgIpc) is 2.73. The van der Waals surface area contributed by atoms with Crippen LogP contribution in [0.4, 0.5) is 0 Å². The van der Waals surface area contributed by atoms with Crippen LogP contribution in [0.5, 0.6) is 11.5 Å². The second-order valence-electron chi connectivity index (χ2n) is 6.30. The Labute approximate surface area is 165 Å². The van der Waals surface area contributed by atoms with Crippen molar-refractivity contribution >= 4 is 24.2 Å². The van der Waals surface area contributed by atoms with Gasteiger partial charge in [-0.25, -0.2) is 0 Å². The summed E-state index contributed by atoms with van der Waals surface area (Å²) in [7, 11) is 3.10. The van der Waals surface area contributed by atoms with Crippen molar-refractivity contribution in [3.05, 3.63) is 23.8 Å². The molecule has 2 aliphatic rings. The molecule has 3 rings (SSSR count). The number of rotatable bonds is 4. The van der Waals surface area contributed by atoms with E-state index in [1.165, 1.54) is 0 Å². The topological polar surface area (TPSA) is 80.3 Å². The number of carbonyl (C=O) groups excluding carboxylic acids is 2. The molecule has 0 aromatic heterocycles. The molecule has 1 N–H and O–H groups in total. The van der Waals surface area contributed by atoms with Crippen LogP contribution in [-0.2, 0) is 9.53 Å². The fourth-order valence-electron chi connectivity index (χ4n) is 3.19. The normalized spacial score (nSPS) is 19.9. The van der Waals surface area contributed by atoms with Crippen molar-refractivity contribution in [2.24, 2.45) is 0 Å². The summed E-state index contributed by atoms with van der Waals surface area (Å²) in [6.07, 6.45) is 0. The maximum Gasteiger partial charge on any atom is 0.254 e. The highest BCUT2D eigenvalue weighted by Crippen LogP contribution is 2.23. The lowest BCUT2D eigenvalue weighted by Gasteiger charge is -2.37. The molecule has 0 saturated carbocycles. The molecule has 0 spiro atoms. The number of hydrogen-bond acceptors (Lipinski definition) is 6. The Hall–Kier alpha value is -2.03. The first-order chi connectivity index (χ1) is 12.6. The number of amides is 2. The third-order valence-electron chi connectivity index (χ3n) is 4.70. The highest BCUT2D eigenvalue weighted by molar-refractivity contribution is 5.95. The standard InChI is InChI=1S/C18H25N3O5.ClH/c1-24-14-9-13(10-15(11-14)25-2)17(22)20-4-6-21(7-5-20)18(23)16-12-26-8-3-19-16;/h9-11,16,19H,3-8,12H2,1-2H3;1H. The van der Waals surface area contributed by atoms with Crippen molar-refractivity contribution in [2.75, 3.05) is 60.2 Å². The number of piperazine rings is 1. The highest BCUT2D eigenvalue weighted by Gasteiger charge is 2.30. The summed E-state index contributed by atoms with van der Waals surface area (Å²) in [4.78, 5) is 28.9. The lowest BCUT2D eigenvalue weighted by Crippen LogP contribution is -2.57. The predicted octanol–water partition coefficient (Wildman–Crippen LogP) is 0.398. The number of nitrogens with zero attached hydrogens (tertiary/aromatic N) is 2. The van der Waals surface area contributed by atoms with Gasteiger partial charge in [0, 0.05) is 44.4 Å². The summed E-state index contributed by atoms with van der Waals surface area (Å²) in [6, 6.07) is 4.85. The van der Waals surface area contributed by atoms with Crippen LogP contribution < -0.4 is 14.8 Å². The molecule has 150 valence electrons. The molecule has 27 heavy (non-hydrogen) atoms. The van der Waals surface area contributed by atoms with Gasteiger partial charge in [-0.05, 0) is 12.1 Å². The monoisotopic (exact) mass is 399 g/mol. The number of ether oxygens (including phenoxy) is 3. The minimum absolute atomic E-state index is 0. The van der Waals surface area contributed by atoms with Gasteiger partial charge in [-0.1, -0.05) is 0 Å². The molecule has 0 aliphatic carbocycles. The van der Waals surface area contributed by atoms with Gasteiger partial charge < -0.3 is 29.3 Å². The van der Waals surface area contributed by atoms with Crippen LogP contribution in [0.25, 0.3) is 0 Å². The first-order valence-electron chi connectivity index (χ1n) is 8.74. The summed E-state index contributed by atoms with van der Waals surface area (Å²) in [5, 5.41) is 3.18. The molecule has 2 amide bonds. The zero-order valence-corrected chi connectivity index (χ0v) is 16.4. The molecule has 1 atom stereocenters. The Bertz CT molecular complexity index is 636. The molecule has 0 radical (unpaired) electrons. The second-order valence-corrected chi connectivity index (χ2v) is 6.30. The van der Waals surface area contributed by atoms with Gasteiger partial charge in [0.2, 0.25) is 5.91 Å². The molecule has 1 unspecified atom stereocenters. The minimum Gasteiger partial charge on any atom is -0.497 e. The van der Waals surface area contributed by atoms with Crippen LogP contribution in [0, 0.1) is 0 Å². The van der Waals surface area contributed by atoms with Crippen molar-refractivity contribution in [2.45, 2.75) is 6.04 Å². The number of halogens is 1. The number of methoxy groups -OCH3 is 2. The predicted molar refractivity (Wildman–Crippen MR) is 102 cm³/mol. The molecule has 1 aromatic rings. The van der Waals surface area contributed by atoms with Crippen molar-refractivity contribution in [3.8, 4) is 11.5 Å². The van der Waals surface area contributed by atoms with Gasteiger partial charge in [0.1, 0.15) is 17.5 Å². The molecular weight excluding hydrogens is 374 g/mol. The first-order valence-corrected chi connectivity index (χ1v) is 8.74. The smallest absolute Gasteiger partial charge is 0.254 e. The summed E-state index contributed by atoms with van der Waals surface area (Å²) >= 11 is 0. The lowest BCUT2D eigenvalue weighted by atomic mass is 10.1. The molecule has 2 fully saturated rings. The van der Waals surface area contributed by atoms with Crippen molar-refractivity contribution < 1.29 is 23.8 Å². The van der Waals surface area contributed by atoms with Crippen molar-refractivity contribution in [3.63, 3.8) is 0 Å². The maximum absolute atomic E-state index is 12.8. The van der Waals surface area contributed by atoms with E-state index in [1.54, 1.807) is 42.2 Å². The van der Waals surface area contributed by atoms with Crippen LogP contribution in [0.3, 0.4) is 0 Å². The van der Waals surface area contributed by atoms with Gasteiger partial charge in [-0.2, -0.15) is 0 Å². The fraction of sp³-hybridized carbons (Fsp3) is 0.556. The Morgan fingerprint density at radius 2 is 1.63 bits per heavy atom. The number of hydrogen-bond donors (Lipinski definition) is 1. The molecule has 1 aromatic carbocycles. The van der Waals surface area contributed by atoms with E-state index < -0.39 is 0 Å². The third kappa shape index (κ3) is 5.03. The Morgan fingerprint density at radius 3 is 2.15 bits per heavy atom. The average molecular weight is 400 g/mol. The van der Waals surface area contributed by atoms with E-state index in [1.807, 2.05) is 0 Å². The van der Waals surface area contributed by atoms with E-state index in [9.17, 15) is 9.59 Å². The Morgan fingerprint density at radius 1 is 1.04 bits per heavy atom. The van der Waals surface area contributed by atoms with Gasteiger partial charge in [0.05, 0.1) is 27.4 Å².